The van der Waals surface area contributed by atoms with E-state index in [4.69, 9.17) is 14.5 Å². The molecule has 0 fully saturated rings. The number of hydrogen-bond acceptors (Lipinski definition) is 5. The number of pyridine rings is 1. The van der Waals surface area contributed by atoms with Crippen LogP contribution in [0.1, 0.15) is 22.3 Å². The third-order valence-corrected chi connectivity index (χ3v) is 6.17. The highest BCUT2D eigenvalue weighted by atomic mass is 32.2. The van der Waals surface area contributed by atoms with Crippen LogP contribution in [0.5, 0.6) is 11.5 Å². The third kappa shape index (κ3) is 5.05. The summed E-state index contributed by atoms with van der Waals surface area (Å²) in [4.78, 5) is 17.1. The van der Waals surface area contributed by atoms with Crippen LogP contribution in [0.15, 0.2) is 41.4 Å². The van der Waals surface area contributed by atoms with Gasteiger partial charge in [-0.25, -0.2) is 4.98 Å². The van der Waals surface area contributed by atoms with Gasteiger partial charge < -0.3 is 14.8 Å². The van der Waals surface area contributed by atoms with E-state index in [0.717, 1.165) is 33.7 Å². The topological polar surface area (TPSA) is 60.5 Å². The van der Waals surface area contributed by atoms with Gasteiger partial charge in [-0.15, -0.1) is 0 Å². The molecule has 0 unspecified atom stereocenters. The molecule has 0 saturated heterocycles. The molecule has 1 N–H and O–H groups in total. The molecule has 1 amide bonds. The minimum absolute atomic E-state index is 0.00253. The molecule has 0 saturated carbocycles. The lowest BCUT2D eigenvalue weighted by Gasteiger charge is -2.11. The Balaban J connectivity index is 1.56. The fourth-order valence-electron chi connectivity index (χ4n) is 3.33. The molecule has 0 radical (unpaired) electrons. The maximum atomic E-state index is 12.3. The van der Waals surface area contributed by atoms with Crippen LogP contribution in [0.2, 0.25) is 0 Å². The van der Waals surface area contributed by atoms with Crippen LogP contribution in [0, 0.1) is 20.8 Å². The molecule has 158 valence electrons. The van der Waals surface area contributed by atoms with Crippen LogP contribution in [0.25, 0.3) is 10.9 Å². The first-order chi connectivity index (χ1) is 14.4. The van der Waals surface area contributed by atoms with Gasteiger partial charge in [0.15, 0.2) is 11.5 Å². The second-order valence-corrected chi connectivity index (χ2v) is 8.25. The van der Waals surface area contributed by atoms with Crippen molar-refractivity contribution in [2.45, 2.75) is 32.2 Å². The molecular formula is C24H28N2O3S. The lowest BCUT2D eigenvalue weighted by atomic mass is 10.0. The molecule has 0 aliphatic heterocycles. The van der Waals surface area contributed by atoms with Crippen molar-refractivity contribution in [3.05, 3.63) is 58.7 Å². The lowest BCUT2D eigenvalue weighted by Crippen LogP contribution is -2.27. The van der Waals surface area contributed by atoms with E-state index in [-0.39, 0.29) is 5.91 Å². The van der Waals surface area contributed by atoms with Crippen molar-refractivity contribution in [2.75, 3.05) is 26.5 Å². The Morgan fingerprint density at radius 1 is 0.967 bits per heavy atom. The second-order valence-electron chi connectivity index (χ2n) is 7.28. The van der Waals surface area contributed by atoms with E-state index in [1.54, 1.807) is 14.2 Å². The predicted molar refractivity (Wildman–Crippen MR) is 123 cm³/mol. The van der Waals surface area contributed by atoms with Crippen LogP contribution in [-0.4, -0.2) is 37.4 Å². The summed E-state index contributed by atoms with van der Waals surface area (Å²) >= 11 is 1.48. The van der Waals surface area contributed by atoms with Gasteiger partial charge in [0.25, 0.3) is 0 Å². The fourth-order valence-corrected chi connectivity index (χ4v) is 4.14. The van der Waals surface area contributed by atoms with E-state index in [9.17, 15) is 4.79 Å². The summed E-state index contributed by atoms with van der Waals surface area (Å²) in [7, 11) is 3.23. The molecule has 0 aliphatic rings. The van der Waals surface area contributed by atoms with Gasteiger partial charge in [0, 0.05) is 11.9 Å². The van der Waals surface area contributed by atoms with Gasteiger partial charge in [0.1, 0.15) is 5.03 Å². The highest BCUT2D eigenvalue weighted by Crippen LogP contribution is 2.29. The molecule has 0 atom stereocenters. The molecular weight excluding hydrogens is 396 g/mol. The molecule has 3 rings (SSSR count). The lowest BCUT2D eigenvalue weighted by molar-refractivity contribution is -0.118. The van der Waals surface area contributed by atoms with Crippen LogP contribution < -0.4 is 14.8 Å². The van der Waals surface area contributed by atoms with Crippen molar-refractivity contribution in [2.24, 2.45) is 0 Å². The van der Waals surface area contributed by atoms with E-state index in [1.165, 1.54) is 22.7 Å². The fraction of sp³-hybridized carbons (Fsp3) is 0.333. The van der Waals surface area contributed by atoms with Crippen LogP contribution in [0.3, 0.4) is 0 Å². The molecule has 30 heavy (non-hydrogen) atoms. The zero-order valence-corrected chi connectivity index (χ0v) is 19.0. The minimum atomic E-state index is 0.00253. The number of aryl methyl sites for hydroxylation is 3. The number of amides is 1. The van der Waals surface area contributed by atoms with Crippen molar-refractivity contribution in [3.8, 4) is 11.5 Å². The molecule has 1 aromatic heterocycles. The third-order valence-electron chi connectivity index (χ3n) is 5.07. The molecule has 0 aliphatic carbocycles. The minimum Gasteiger partial charge on any atom is -0.493 e. The SMILES string of the molecule is COc1ccc(CCNC(=O)CSc2nc3c(C)ccc(C)c3cc2C)cc1OC. The normalized spacial score (nSPS) is 10.8. The zero-order chi connectivity index (χ0) is 21.7. The smallest absolute Gasteiger partial charge is 0.230 e. The molecule has 5 nitrogen and oxygen atoms in total. The van der Waals surface area contributed by atoms with Gasteiger partial charge in [0.05, 0.1) is 25.5 Å². The quantitative estimate of drug-likeness (QED) is 0.534. The maximum Gasteiger partial charge on any atom is 0.230 e. The average Bonchev–Trinajstić information content (AvgIpc) is 2.75. The van der Waals surface area contributed by atoms with Crippen molar-refractivity contribution in [3.63, 3.8) is 0 Å². The number of nitrogens with one attached hydrogen (secondary N) is 1. The number of thioether (sulfide) groups is 1. The van der Waals surface area contributed by atoms with Gasteiger partial charge >= 0.3 is 0 Å². The van der Waals surface area contributed by atoms with Crippen LogP contribution in [0.4, 0.5) is 0 Å². The Morgan fingerprint density at radius 3 is 2.43 bits per heavy atom. The molecule has 0 spiro atoms. The summed E-state index contributed by atoms with van der Waals surface area (Å²) in [6.07, 6.45) is 0.725. The highest BCUT2D eigenvalue weighted by molar-refractivity contribution is 7.99. The Bertz CT molecular complexity index is 1070. The molecule has 6 heteroatoms. The van der Waals surface area contributed by atoms with Gasteiger partial charge in [-0.05, 0) is 67.6 Å². The highest BCUT2D eigenvalue weighted by Gasteiger charge is 2.11. The molecule has 1 heterocycles. The van der Waals surface area contributed by atoms with Gasteiger partial charge in [-0.2, -0.15) is 0 Å². The number of rotatable bonds is 8. The van der Waals surface area contributed by atoms with E-state index in [1.807, 2.05) is 25.1 Å². The van der Waals surface area contributed by atoms with Crippen molar-refractivity contribution in [1.82, 2.24) is 10.3 Å². The molecule has 0 bridgehead atoms. The largest absolute Gasteiger partial charge is 0.493 e. The number of ether oxygens (including phenoxy) is 2. The van der Waals surface area contributed by atoms with Gasteiger partial charge in [-0.3, -0.25) is 4.79 Å². The van der Waals surface area contributed by atoms with Crippen molar-refractivity contribution in [1.29, 1.82) is 0 Å². The summed E-state index contributed by atoms with van der Waals surface area (Å²) in [5, 5.41) is 5.07. The van der Waals surface area contributed by atoms with E-state index in [0.29, 0.717) is 23.8 Å². The number of carbonyl (C=O) groups excluding carboxylic acids is 1. The van der Waals surface area contributed by atoms with E-state index < -0.39 is 0 Å². The number of methoxy groups -OCH3 is 2. The van der Waals surface area contributed by atoms with E-state index >= 15 is 0 Å². The Kier molecular flexibility index (Phi) is 7.21. The Hall–Kier alpha value is -2.73. The van der Waals surface area contributed by atoms with Crippen LogP contribution >= 0.6 is 11.8 Å². The van der Waals surface area contributed by atoms with Crippen molar-refractivity contribution < 1.29 is 14.3 Å². The maximum absolute atomic E-state index is 12.3. The van der Waals surface area contributed by atoms with Gasteiger partial charge in [0.2, 0.25) is 5.91 Å². The standard InChI is InChI=1S/C24H28N2O3S/c1-15-6-7-16(2)23-19(15)12-17(3)24(26-23)30-14-22(27)25-11-10-18-8-9-20(28-4)21(13-18)29-5/h6-9,12-13H,10-11,14H2,1-5H3,(H,25,27). The first-order valence-corrected chi connectivity index (χ1v) is 10.9. The Labute approximate surface area is 182 Å². The predicted octanol–water partition coefficient (Wildman–Crippen LogP) is 4.63. The number of hydrogen-bond donors (Lipinski definition) is 1. The van der Waals surface area contributed by atoms with Gasteiger partial charge in [-0.1, -0.05) is 30.0 Å². The number of nitrogens with zero attached hydrogens (tertiary/aromatic N) is 1. The number of carbonyl (C=O) groups is 1. The Morgan fingerprint density at radius 2 is 1.70 bits per heavy atom. The summed E-state index contributed by atoms with van der Waals surface area (Å²) < 4.78 is 10.6. The summed E-state index contributed by atoms with van der Waals surface area (Å²) in [6.45, 7) is 6.78. The summed E-state index contributed by atoms with van der Waals surface area (Å²) in [6, 6.07) is 12.2. The number of benzene rings is 2. The second kappa shape index (κ2) is 9.85. The number of aromatic nitrogens is 1. The summed E-state index contributed by atoms with van der Waals surface area (Å²) in [5.74, 6) is 1.74. The monoisotopic (exact) mass is 424 g/mol. The summed E-state index contributed by atoms with van der Waals surface area (Å²) in [5.41, 5.74) is 5.56. The van der Waals surface area contributed by atoms with E-state index in [2.05, 4.69) is 37.4 Å². The van der Waals surface area contributed by atoms with Crippen molar-refractivity contribution >= 4 is 28.6 Å². The zero-order valence-electron chi connectivity index (χ0n) is 18.2. The molecule has 3 aromatic rings. The molecule has 2 aromatic carbocycles. The van der Waals surface area contributed by atoms with Crippen LogP contribution in [-0.2, 0) is 11.2 Å². The first kappa shape index (κ1) is 22.0. The number of fused-ring (bicyclic) bond motifs is 1. The average molecular weight is 425 g/mol. The first-order valence-electron chi connectivity index (χ1n) is 9.91.